The van der Waals surface area contributed by atoms with E-state index in [1.807, 2.05) is 6.07 Å². The van der Waals surface area contributed by atoms with Gasteiger partial charge < -0.3 is 19.5 Å². The molecule has 0 bridgehead atoms. The number of halogens is 1. The van der Waals surface area contributed by atoms with Crippen LogP contribution in [0.15, 0.2) is 22.2 Å². The van der Waals surface area contributed by atoms with Gasteiger partial charge in [0, 0.05) is 17.6 Å². The van der Waals surface area contributed by atoms with Crippen LogP contribution in [0.5, 0.6) is 11.5 Å². The lowest BCUT2D eigenvalue weighted by Gasteiger charge is -2.11. The zero-order valence-electron chi connectivity index (χ0n) is 13.6. The van der Waals surface area contributed by atoms with Crippen LogP contribution in [0.3, 0.4) is 0 Å². The van der Waals surface area contributed by atoms with Crippen LogP contribution < -0.4 is 14.8 Å². The number of ether oxygens (including phenoxy) is 3. The Hall–Kier alpha value is -2.04. The van der Waals surface area contributed by atoms with Crippen LogP contribution in [0.25, 0.3) is 6.08 Å². The van der Waals surface area contributed by atoms with Crippen LogP contribution in [-0.2, 0) is 9.53 Å². The van der Waals surface area contributed by atoms with Crippen molar-refractivity contribution in [3.8, 4) is 17.6 Å². The Morgan fingerprint density at radius 2 is 2.17 bits per heavy atom. The van der Waals surface area contributed by atoms with Gasteiger partial charge in [-0.05, 0) is 36.6 Å². The average Bonchev–Trinajstić information content (AvgIpc) is 3.11. The third-order valence-corrected chi connectivity index (χ3v) is 4.37. The normalized spacial score (nSPS) is 17.2. The molecule has 6 nitrogen and oxygen atoms in total. The summed E-state index contributed by atoms with van der Waals surface area (Å²) in [6, 6.07) is 5.36. The second-order valence-corrected chi connectivity index (χ2v) is 6.10. The van der Waals surface area contributed by atoms with Gasteiger partial charge in [-0.3, -0.25) is 4.79 Å². The Morgan fingerprint density at radius 3 is 2.75 bits per heavy atom. The maximum absolute atomic E-state index is 12.2. The maximum Gasteiger partial charge on any atom is 0.262 e. The summed E-state index contributed by atoms with van der Waals surface area (Å²) in [6.45, 7) is 1.13. The molecule has 1 atom stereocenters. The summed E-state index contributed by atoms with van der Waals surface area (Å²) < 4.78 is 16.6. The fourth-order valence-corrected chi connectivity index (χ4v) is 2.83. The topological polar surface area (TPSA) is 80.6 Å². The Labute approximate surface area is 149 Å². The number of rotatable bonds is 6. The number of carbonyl (C=O) groups is 1. The molecule has 1 fully saturated rings. The summed E-state index contributed by atoms with van der Waals surface area (Å²) in [5.74, 6) is 0.654. The lowest BCUT2D eigenvalue weighted by molar-refractivity contribution is -0.117. The largest absolute Gasteiger partial charge is 0.493 e. The molecule has 0 aromatic heterocycles. The molecule has 0 saturated carbocycles. The quantitative estimate of drug-likeness (QED) is 0.592. The zero-order valence-corrected chi connectivity index (χ0v) is 15.2. The minimum absolute atomic E-state index is 0.0147. The molecule has 1 aromatic rings. The second-order valence-electron chi connectivity index (χ2n) is 5.24. The zero-order chi connectivity index (χ0) is 17.5. The third-order valence-electron chi connectivity index (χ3n) is 3.68. The summed E-state index contributed by atoms with van der Waals surface area (Å²) in [5.41, 5.74) is 0.664. The number of methoxy groups -OCH3 is 2. The van der Waals surface area contributed by atoms with Crippen LogP contribution in [0, 0.1) is 11.3 Å². The van der Waals surface area contributed by atoms with Crippen LogP contribution in [0.1, 0.15) is 18.4 Å². The van der Waals surface area contributed by atoms with Crippen molar-refractivity contribution in [1.82, 2.24) is 5.32 Å². The van der Waals surface area contributed by atoms with Gasteiger partial charge in [-0.25, -0.2) is 0 Å². The average molecular weight is 395 g/mol. The molecule has 1 aromatic carbocycles. The summed E-state index contributed by atoms with van der Waals surface area (Å²) in [5, 5.41) is 12.0. The highest BCUT2D eigenvalue weighted by atomic mass is 79.9. The number of nitrogens with zero attached hydrogens (tertiary/aromatic N) is 1. The smallest absolute Gasteiger partial charge is 0.262 e. The van der Waals surface area contributed by atoms with Gasteiger partial charge in [0.05, 0.1) is 20.3 Å². The van der Waals surface area contributed by atoms with Crippen LogP contribution >= 0.6 is 15.9 Å². The number of nitrogens with one attached hydrogen (secondary N) is 1. The lowest BCUT2D eigenvalue weighted by Crippen LogP contribution is -2.32. The van der Waals surface area contributed by atoms with E-state index < -0.39 is 5.91 Å². The monoisotopic (exact) mass is 394 g/mol. The molecule has 1 heterocycles. The highest BCUT2D eigenvalue weighted by molar-refractivity contribution is 9.10. The third kappa shape index (κ3) is 4.49. The molecule has 1 aliphatic rings. The van der Waals surface area contributed by atoms with Crippen molar-refractivity contribution in [1.29, 1.82) is 5.26 Å². The summed E-state index contributed by atoms with van der Waals surface area (Å²) in [7, 11) is 3.07. The molecule has 128 valence electrons. The van der Waals surface area contributed by atoms with Gasteiger partial charge in [-0.15, -0.1) is 0 Å². The van der Waals surface area contributed by atoms with Crippen molar-refractivity contribution >= 4 is 27.9 Å². The van der Waals surface area contributed by atoms with E-state index in [2.05, 4.69) is 21.2 Å². The van der Waals surface area contributed by atoms with Crippen LogP contribution in [-0.4, -0.2) is 39.4 Å². The first-order valence-electron chi connectivity index (χ1n) is 7.52. The SMILES string of the molecule is COc1cc(Br)c(/C=C(\C#N)C(=O)NC[C@H]2CCCO2)cc1OC. The molecule has 1 amide bonds. The number of carbonyl (C=O) groups excluding carboxylic acids is 1. The first-order chi connectivity index (χ1) is 11.6. The summed E-state index contributed by atoms with van der Waals surface area (Å²) in [6.07, 6.45) is 3.46. The molecule has 0 radical (unpaired) electrons. The Morgan fingerprint density at radius 1 is 1.46 bits per heavy atom. The summed E-state index contributed by atoms with van der Waals surface area (Å²) in [4.78, 5) is 12.2. The highest BCUT2D eigenvalue weighted by Crippen LogP contribution is 2.34. The van der Waals surface area contributed by atoms with Gasteiger partial charge in [0.15, 0.2) is 11.5 Å². The van der Waals surface area contributed by atoms with Gasteiger partial charge >= 0.3 is 0 Å². The molecule has 1 aliphatic heterocycles. The molecule has 1 saturated heterocycles. The minimum atomic E-state index is -0.422. The van der Waals surface area contributed by atoms with Gasteiger partial charge in [0.1, 0.15) is 11.6 Å². The van der Waals surface area contributed by atoms with Crippen molar-refractivity contribution in [2.24, 2.45) is 0 Å². The van der Waals surface area contributed by atoms with Crippen LogP contribution in [0.4, 0.5) is 0 Å². The Balaban J connectivity index is 2.16. The molecule has 0 aliphatic carbocycles. The first-order valence-corrected chi connectivity index (χ1v) is 8.31. The van der Waals surface area contributed by atoms with E-state index in [1.165, 1.54) is 13.2 Å². The predicted molar refractivity (Wildman–Crippen MR) is 92.8 cm³/mol. The van der Waals surface area contributed by atoms with E-state index in [9.17, 15) is 10.1 Å². The van der Waals surface area contributed by atoms with Crippen molar-refractivity contribution in [2.75, 3.05) is 27.4 Å². The fraction of sp³-hybridized carbons (Fsp3) is 0.412. The summed E-state index contributed by atoms with van der Waals surface area (Å²) >= 11 is 3.41. The molecule has 0 unspecified atom stereocenters. The number of nitriles is 1. The van der Waals surface area contributed by atoms with Crippen molar-refractivity contribution in [2.45, 2.75) is 18.9 Å². The van der Waals surface area contributed by atoms with Gasteiger partial charge in [0.2, 0.25) is 0 Å². The molecule has 24 heavy (non-hydrogen) atoms. The van der Waals surface area contributed by atoms with Crippen molar-refractivity contribution in [3.63, 3.8) is 0 Å². The van der Waals surface area contributed by atoms with Gasteiger partial charge in [-0.1, -0.05) is 15.9 Å². The fourth-order valence-electron chi connectivity index (χ4n) is 2.39. The first kappa shape index (κ1) is 18.3. The predicted octanol–water partition coefficient (Wildman–Crippen LogP) is 2.67. The standard InChI is InChI=1S/C17H19BrN2O4/c1-22-15-7-11(14(18)8-16(15)23-2)6-12(9-19)17(21)20-10-13-4-3-5-24-13/h6-8,13H,3-5,10H2,1-2H3,(H,20,21)/b12-6+/t13-/m1/s1. The van der Waals surface area contributed by atoms with Crippen molar-refractivity contribution < 1.29 is 19.0 Å². The molecular weight excluding hydrogens is 376 g/mol. The number of benzene rings is 1. The molecule has 7 heteroatoms. The molecule has 0 spiro atoms. The second kappa shape index (κ2) is 8.71. The minimum Gasteiger partial charge on any atom is -0.493 e. The highest BCUT2D eigenvalue weighted by Gasteiger charge is 2.18. The number of amides is 1. The molecule has 2 rings (SSSR count). The number of hydrogen-bond acceptors (Lipinski definition) is 5. The number of hydrogen-bond donors (Lipinski definition) is 1. The molecular formula is C17H19BrN2O4. The van der Waals surface area contributed by atoms with E-state index >= 15 is 0 Å². The van der Waals surface area contributed by atoms with E-state index in [4.69, 9.17) is 14.2 Å². The van der Waals surface area contributed by atoms with Gasteiger partial charge in [0.25, 0.3) is 5.91 Å². The van der Waals surface area contributed by atoms with E-state index in [1.54, 1.807) is 19.2 Å². The van der Waals surface area contributed by atoms with E-state index in [-0.39, 0.29) is 11.7 Å². The Bertz CT molecular complexity index is 676. The molecule has 1 N–H and O–H groups in total. The van der Waals surface area contributed by atoms with Crippen LogP contribution in [0.2, 0.25) is 0 Å². The lowest BCUT2D eigenvalue weighted by atomic mass is 10.1. The Kier molecular flexibility index (Phi) is 6.64. The van der Waals surface area contributed by atoms with Crippen molar-refractivity contribution in [3.05, 3.63) is 27.7 Å². The van der Waals surface area contributed by atoms with E-state index in [0.29, 0.717) is 28.1 Å². The van der Waals surface area contributed by atoms with Gasteiger partial charge in [-0.2, -0.15) is 5.26 Å². The van der Waals surface area contributed by atoms with E-state index in [0.717, 1.165) is 19.4 Å². The maximum atomic E-state index is 12.2.